The second-order valence-corrected chi connectivity index (χ2v) is 7.65. The highest BCUT2D eigenvalue weighted by Crippen LogP contribution is 2.24. The molecule has 1 heterocycles. The molecule has 0 aliphatic rings. The number of rotatable bonds is 5. The van der Waals surface area contributed by atoms with Gasteiger partial charge in [0, 0.05) is 16.8 Å². The Morgan fingerprint density at radius 2 is 2.05 bits per heavy atom. The number of nitrogens with one attached hydrogen (secondary N) is 1. The third-order valence-electron chi connectivity index (χ3n) is 3.33. The van der Waals surface area contributed by atoms with E-state index in [1.165, 1.54) is 0 Å². The minimum atomic E-state index is -3.70. The highest BCUT2D eigenvalue weighted by molar-refractivity contribution is 7.89. The van der Waals surface area contributed by atoms with E-state index in [1.807, 2.05) is 20.0 Å². The van der Waals surface area contributed by atoms with Gasteiger partial charge in [0.1, 0.15) is 0 Å². The van der Waals surface area contributed by atoms with Crippen molar-refractivity contribution in [3.8, 4) is 0 Å². The maximum Gasteiger partial charge on any atom is 0.238 e. The Bertz CT molecular complexity index is 752. The molecule has 1 aromatic carbocycles. The Labute approximate surface area is 129 Å². The van der Waals surface area contributed by atoms with Crippen LogP contribution in [0.4, 0.5) is 5.69 Å². The molecular weight excluding hydrogens is 306 g/mol. The molecule has 0 aliphatic carbocycles. The normalized spacial score (nSPS) is 11.6. The largest absolute Gasteiger partial charge is 0.380 e. The molecule has 0 atom stereocenters. The predicted molar refractivity (Wildman–Crippen MR) is 86.1 cm³/mol. The van der Waals surface area contributed by atoms with Crippen LogP contribution in [-0.2, 0) is 23.0 Å². The van der Waals surface area contributed by atoms with Gasteiger partial charge in [0.05, 0.1) is 16.4 Å². The summed E-state index contributed by atoms with van der Waals surface area (Å²) in [4.78, 5) is 5.55. The molecule has 0 bridgehead atoms. The summed E-state index contributed by atoms with van der Waals surface area (Å²) in [6, 6.07) is 3.18. The molecule has 7 heteroatoms. The van der Waals surface area contributed by atoms with Crippen LogP contribution in [0.25, 0.3) is 0 Å². The zero-order valence-corrected chi connectivity index (χ0v) is 13.9. The summed E-state index contributed by atoms with van der Waals surface area (Å²) in [7, 11) is -3.70. The predicted octanol–water partition coefficient (Wildman–Crippen LogP) is 2.58. The van der Waals surface area contributed by atoms with E-state index in [0.29, 0.717) is 6.54 Å². The molecule has 3 N–H and O–H groups in total. The zero-order valence-electron chi connectivity index (χ0n) is 12.3. The fourth-order valence-electron chi connectivity index (χ4n) is 1.95. The van der Waals surface area contributed by atoms with Crippen LogP contribution in [0.1, 0.15) is 27.9 Å². The average Bonchev–Trinajstić information content (AvgIpc) is 2.87. The van der Waals surface area contributed by atoms with Gasteiger partial charge < -0.3 is 5.32 Å². The smallest absolute Gasteiger partial charge is 0.238 e. The number of hydrogen-bond acceptors (Lipinski definition) is 5. The van der Waals surface area contributed by atoms with E-state index in [0.717, 1.165) is 33.1 Å². The van der Waals surface area contributed by atoms with Crippen molar-refractivity contribution >= 4 is 27.0 Å². The van der Waals surface area contributed by atoms with E-state index in [1.54, 1.807) is 23.5 Å². The van der Waals surface area contributed by atoms with Gasteiger partial charge in [-0.15, -0.1) is 11.3 Å². The Hall–Kier alpha value is -1.44. The van der Waals surface area contributed by atoms with Crippen LogP contribution in [-0.4, -0.2) is 13.4 Å². The summed E-state index contributed by atoms with van der Waals surface area (Å²) in [6.45, 7) is 6.51. The lowest BCUT2D eigenvalue weighted by Gasteiger charge is -2.13. The van der Waals surface area contributed by atoms with Gasteiger partial charge in [-0.3, -0.25) is 0 Å². The van der Waals surface area contributed by atoms with Crippen LogP contribution in [0, 0.1) is 13.8 Å². The molecule has 0 saturated heterocycles. The topological polar surface area (TPSA) is 85.1 Å². The van der Waals surface area contributed by atoms with Crippen LogP contribution in [0.2, 0.25) is 0 Å². The Morgan fingerprint density at radius 3 is 2.62 bits per heavy atom. The van der Waals surface area contributed by atoms with Gasteiger partial charge in [-0.1, -0.05) is 6.92 Å². The molecule has 5 nitrogen and oxygen atoms in total. The standard InChI is InChI=1S/C14H19N3O2S2/c1-4-14-17-8-11(20-14)7-16-13-6-12(21(15,18)19)5-9(2)10(13)3/h5-6,8,16H,4,7H2,1-3H3,(H2,15,18,19). The Morgan fingerprint density at radius 1 is 1.33 bits per heavy atom. The number of hydrogen-bond donors (Lipinski definition) is 2. The molecule has 114 valence electrons. The number of aromatic nitrogens is 1. The fourth-order valence-corrected chi connectivity index (χ4v) is 3.37. The number of sulfonamides is 1. The fraction of sp³-hybridized carbons (Fsp3) is 0.357. The third-order valence-corrected chi connectivity index (χ3v) is 5.36. The maximum absolute atomic E-state index is 11.5. The minimum Gasteiger partial charge on any atom is -0.380 e. The van der Waals surface area contributed by atoms with Crippen LogP contribution in [0.5, 0.6) is 0 Å². The number of primary sulfonamides is 1. The molecule has 0 amide bonds. The van der Waals surface area contributed by atoms with E-state index in [-0.39, 0.29) is 4.90 Å². The quantitative estimate of drug-likeness (QED) is 0.885. The van der Waals surface area contributed by atoms with Gasteiger partial charge in [-0.25, -0.2) is 18.5 Å². The number of thiazole rings is 1. The first-order chi connectivity index (χ1) is 9.81. The van der Waals surface area contributed by atoms with Crippen molar-refractivity contribution in [3.05, 3.63) is 39.3 Å². The number of aryl methyl sites for hydroxylation is 2. The van der Waals surface area contributed by atoms with E-state index in [2.05, 4.69) is 17.2 Å². The van der Waals surface area contributed by atoms with Crippen molar-refractivity contribution in [2.75, 3.05) is 5.32 Å². The van der Waals surface area contributed by atoms with Gasteiger partial charge in [0.2, 0.25) is 10.0 Å². The number of anilines is 1. The van der Waals surface area contributed by atoms with Crippen molar-refractivity contribution in [3.63, 3.8) is 0 Å². The molecule has 2 aromatic rings. The van der Waals surface area contributed by atoms with Crippen molar-refractivity contribution in [1.29, 1.82) is 0 Å². The lowest BCUT2D eigenvalue weighted by atomic mass is 10.1. The molecule has 2 rings (SSSR count). The van der Waals surface area contributed by atoms with Crippen LogP contribution < -0.4 is 10.5 Å². The van der Waals surface area contributed by atoms with Gasteiger partial charge in [0.15, 0.2) is 0 Å². The summed E-state index contributed by atoms with van der Waals surface area (Å²) in [6.07, 6.45) is 2.77. The summed E-state index contributed by atoms with van der Waals surface area (Å²) >= 11 is 1.66. The van der Waals surface area contributed by atoms with E-state index < -0.39 is 10.0 Å². The summed E-state index contributed by atoms with van der Waals surface area (Å²) < 4.78 is 23.0. The molecule has 0 radical (unpaired) electrons. The zero-order chi connectivity index (χ0) is 15.6. The maximum atomic E-state index is 11.5. The van der Waals surface area contributed by atoms with Crippen LogP contribution in [0.3, 0.4) is 0 Å². The monoisotopic (exact) mass is 325 g/mol. The first-order valence-electron chi connectivity index (χ1n) is 6.62. The molecule has 0 spiro atoms. The van der Waals surface area contributed by atoms with Gasteiger partial charge in [0.25, 0.3) is 0 Å². The van der Waals surface area contributed by atoms with Crippen LogP contribution >= 0.6 is 11.3 Å². The van der Waals surface area contributed by atoms with Crippen molar-refractivity contribution in [2.24, 2.45) is 5.14 Å². The molecule has 0 unspecified atom stereocenters. The van der Waals surface area contributed by atoms with Crippen molar-refractivity contribution < 1.29 is 8.42 Å². The number of nitrogens with zero attached hydrogens (tertiary/aromatic N) is 1. The van der Waals surface area contributed by atoms with Gasteiger partial charge >= 0.3 is 0 Å². The highest BCUT2D eigenvalue weighted by Gasteiger charge is 2.12. The van der Waals surface area contributed by atoms with E-state index in [9.17, 15) is 8.42 Å². The van der Waals surface area contributed by atoms with Crippen molar-refractivity contribution in [2.45, 2.75) is 38.6 Å². The second-order valence-electron chi connectivity index (χ2n) is 4.89. The molecule has 21 heavy (non-hydrogen) atoms. The summed E-state index contributed by atoms with van der Waals surface area (Å²) in [5.41, 5.74) is 2.69. The summed E-state index contributed by atoms with van der Waals surface area (Å²) in [5.74, 6) is 0. The van der Waals surface area contributed by atoms with Gasteiger partial charge in [-0.05, 0) is 43.5 Å². The lowest BCUT2D eigenvalue weighted by Crippen LogP contribution is -2.13. The van der Waals surface area contributed by atoms with E-state index in [4.69, 9.17) is 5.14 Å². The third kappa shape index (κ3) is 3.81. The SMILES string of the molecule is CCc1ncc(CNc2cc(S(N)(=O)=O)cc(C)c2C)s1. The molecule has 0 fully saturated rings. The van der Waals surface area contributed by atoms with Gasteiger partial charge in [-0.2, -0.15) is 0 Å². The molecule has 1 aromatic heterocycles. The second kappa shape index (κ2) is 6.13. The molecule has 0 saturated carbocycles. The van der Waals surface area contributed by atoms with Crippen LogP contribution in [0.15, 0.2) is 23.2 Å². The van der Waals surface area contributed by atoms with E-state index >= 15 is 0 Å². The number of nitrogens with two attached hydrogens (primary N) is 1. The molecule has 0 aliphatic heterocycles. The molecular formula is C14H19N3O2S2. The Balaban J connectivity index is 2.25. The highest BCUT2D eigenvalue weighted by atomic mass is 32.2. The average molecular weight is 325 g/mol. The first kappa shape index (κ1) is 15.9. The Kier molecular flexibility index (Phi) is 4.65. The first-order valence-corrected chi connectivity index (χ1v) is 8.99. The summed E-state index contributed by atoms with van der Waals surface area (Å²) in [5, 5.41) is 9.58. The number of benzene rings is 1. The lowest BCUT2D eigenvalue weighted by molar-refractivity contribution is 0.597. The van der Waals surface area contributed by atoms with Crippen molar-refractivity contribution in [1.82, 2.24) is 4.98 Å². The minimum absolute atomic E-state index is 0.131.